The fourth-order valence-corrected chi connectivity index (χ4v) is 9.93. The highest BCUT2D eigenvalue weighted by Crippen LogP contribution is 2.49. The number of hydrogen-bond acceptors (Lipinski definition) is 10. The van der Waals surface area contributed by atoms with Crippen LogP contribution >= 0.6 is 35.1 Å². The van der Waals surface area contributed by atoms with Crippen molar-refractivity contribution in [2.24, 2.45) is 0 Å². The predicted octanol–water partition coefficient (Wildman–Crippen LogP) is 7.95. The number of piperidine rings is 1. The Kier molecular flexibility index (Phi) is 13.2. The van der Waals surface area contributed by atoms with Crippen molar-refractivity contribution in [2.45, 2.75) is 51.4 Å². The van der Waals surface area contributed by atoms with Gasteiger partial charge in [0.1, 0.15) is 0 Å². The number of benzene rings is 4. The van der Waals surface area contributed by atoms with Crippen LogP contribution in [0.3, 0.4) is 0 Å². The highest BCUT2D eigenvalue weighted by molar-refractivity contribution is 8.00. The number of likely N-dealkylation sites (tertiary alicyclic amines) is 1. The molecule has 0 aliphatic carbocycles. The Balaban J connectivity index is 0.000000164. The van der Waals surface area contributed by atoms with Gasteiger partial charge in [-0.05, 0) is 99.4 Å². The zero-order valence-corrected chi connectivity index (χ0v) is 32.6. The molecular formula is C42H49ClN6O2S2. The van der Waals surface area contributed by atoms with Gasteiger partial charge in [0.2, 0.25) is 0 Å². The lowest BCUT2D eigenvalue weighted by Crippen LogP contribution is -2.47. The Morgan fingerprint density at radius 3 is 1.66 bits per heavy atom. The van der Waals surface area contributed by atoms with Crippen LogP contribution in [0.4, 0.5) is 22.7 Å². The molecule has 4 aromatic rings. The van der Waals surface area contributed by atoms with E-state index in [0.717, 1.165) is 108 Å². The van der Waals surface area contributed by atoms with Gasteiger partial charge < -0.3 is 29.8 Å². The Hall–Kier alpha value is -3.24. The second-order valence-corrected chi connectivity index (χ2v) is 16.6. The van der Waals surface area contributed by atoms with Crippen LogP contribution in [0.15, 0.2) is 105 Å². The van der Waals surface area contributed by atoms with Gasteiger partial charge in [-0.1, -0.05) is 59.4 Å². The molecule has 278 valence electrons. The number of anilines is 4. The summed E-state index contributed by atoms with van der Waals surface area (Å²) in [7, 11) is 0. The van der Waals surface area contributed by atoms with Gasteiger partial charge in [-0.25, -0.2) is 0 Å². The average molecular weight is 769 g/mol. The molecule has 0 atom stereocenters. The third kappa shape index (κ3) is 9.53. The largest absolute Gasteiger partial charge is 0.395 e. The first-order chi connectivity index (χ1) is 26.0. The van der Waals surface area contributed by atoms with E-state index >= 15 is 0 Å². The number of nitrogens with zero attached hydrogens (tertiary/aromatic N) is 6. The first-order valence-electron chi connectivity index (χ1n) is 18.9. The molecule has 4 aliphatic heterocycles. The highest BCUT2D eigenvalue weighted by Gasteiger charge is 2.26. The summed E-state index contributed by atoms with van der Waals surface area (Å²) in [6.07, 6.45) is 3.83. The molecule has 11 heteroatoms. The van der Waals surface area contributed by atoms with Crippen molar-refractivity contribution >= 4 is 57.9 Å². The van der Waals surface area contributed by atoms with Crippen LogP contribution in [-0.4, -0.2) is 110 Å². The minimum absolute atomic E-state index is 0.117. The van der Waals surface area contributed by atoms with Crippen molar-refractivity contribution in [1.82, 2.24) is 14.7 Å². The normalized spacial score (nSPS) is 17.5. The molecule has 0 aromatic heterocycles. The van der Waals surface area contributed by atoms with E-state index in [9.17, 15) is 10.4 Å². The molecule has 0 radical (unpaired) electrons. The Morgan fingerprint density at radius 1 is 0.604 bits per heavy atom. The fourth-order valence-electron chi connectivity index (χ4n) is 7.61. The van der Waals surface area contributed by atoms with Crippen molar-refractivity contribution in [1.29, 1.82) is 5.26 Å². The van der Waals surface area contributed by atoms with E-state index in [1.807, 2.05) is 30.0 Å². The Labute approximate surface area is 327 Å². The van der Waals surface area contributed by atoms with Crippen molar-refractivity contribution < 1.29 is 10.2 Å². The number of para-hydroxylation sites is 2. The zero-order chi connectivity index (χ0) is 36.6. The van der Waals surface area contributed by atoms with E-state index in [-0.39, 0.29) is 12.7 Å². The monoisotopic (exact) mass is 768 g/mol. The van der Waals surface area contributed by atoms with Crippen LogP contribution in [0, 0.1) is 11.3 Å². The van der Waals surface area contributed by atoms with Crippen LogP contribution in [0.25, 0.3) is 0 Å². The van der Waals surface area contributed by atoms with Crippen LogP contribution in [0.5, 0.6) is 0 Å². The quantitative estimate of drug-likeness (QED) is 0.166. The number of piperazine rings is 1. The maximum atomic E-state index is 9.66. The zero-order valence-electron chi connectivity index (χ0n) is 30.2. The van der Waals surface area contributed by atoms with E-state index in [4.69, 9.17) is 16.7 Å². The molecule has 2 N–H and O–H groups in total. The molecule has 2 fully saturated rings. The molecular weight excluding hydrogens is 720 g/mol. The summed E-state index contributed by atoms with van der Waals surface area (Å²) in [5.41, 5.74) is 5.58. The number of halogens is 1. The molecule has 8 rings (SSSR count). The summed E-state index contributed by atoms with van der Waals surface area (Å²) in [6, 6.07) is 31.6. The van der Waals surface area contributed by atoms with Gasteiger partial charge in [-0.15, -0.1) is 0 Å². The predicted molar refractivity (Wildman–Crippen MR) is 219 cm³/mol. The minimum atomic E-state index is -0.117. The molecule has 2 saturated heterocycles. The standard InChI is InChI=1S/C21H26ClN3OS.C21H23N3OS/c22-17-6-7-21-19(16-17)25(18-4-1-2-5-20(18)27-21)9-3-8-23-10-12-24(13-11-23)14-15-26;22-15-16-6-7-21-19(14-16)24(18-4-1-2-5-20(18)26-21)11-3-10-23-12-8-17(25)9-13-23/h1-2,4-7,16,26H,3,8-15H2;1-2,4-7,14,17,25H,3,8-13H2. The first kappa shape index (κ1) is 38.1. The summed E-state index contributed by atoms with van der Waals surface area (Å²) in [5, 5.41) is 28.8. The number of rotatable bonds is 10. The molecule has 8 nitrogen and oxygen atoms in total. The van der Waals surface area contributed by atoms with Gasteiger partial charge in [0.25, 0.3) is 0 Å². The maximum absolute atomic E-state index is 9.66. The lowest BCUT2D eigenvalue weighted by atomic mass is 10.1. The first-order valence-corrected chi connectivity index (χ1v) is 20.9. The second-order valence-electron chi connectivity index (χ2n) is 14.0. The van der Waals surface area contributed by atoms with E-state index in [2.05, 4.69) is 97.3 Å². The topological polar surface area (TPSA) is 80.4 Å². The van der Waals surface area contributed by atoms with Crippen LogP contribution in [0.1, 0.15) is 31.2 Å². The molecule has 0 unspecified atom stereocenters. The lowest BCUT2D eigenvalue weighted by Gasteiger charge is -2.36. The van der Waals surface area contributed by atoms with E-state index in [1.165, 1.54) is 36.6 Å². The second kappa shape index (κ2) is 18.4. The summed E-state index contributed by atoms with van der Waals surface area (Å²) < 4.78 is 0. The number of nitriles is 1. The number of fused-ring (bicyclic) bond motifs is 4. The van der Waals surface area contributed by atoms with E-state index < -0.39 is 0 Å². The molecule has 0 spiro atoms. The highest BCUT2D eigenvalue weighted by atomic mass is 35.5. The van der Waals surface area contributed by atoms with E-state index in [1.54, 1.807) is 11.8 Å². The van der Waals surface area contributed by atoms with Crippen LogP contribution in [-0.2, 0) is 0 Å². The van der Waals surface area contributed by atoms with Crippen molar-refractivity contribution in [3.8, 4) is 6.07 Å². The van der Waals surface area contributed by atoms with Gasteiger partial charge in [0.15, 0.2) is 0 Å². The molecule has 53 heavy (non-hydrogen) atoms. The summed E-state index contributed by atoms with van der Waals surface area (Å²) in [6.45, 7) is 11.4. The van der Waals surface area contributed by atoms with E-state index in [0.29, 0.717) is 5.56 Å². The average Bonchev–Trinajstić information content (AvgIpc) is 3.19. The maximum Gasteiger partial charge on any atom is 0.0992 e. The van der Waals surface area contributed by atoms with Gasteiger partial charge >= 0.3 is 0 Å². The summed E-state index contributed by atoms with van der Waals surface area (Å²) >= 11 is 9.90. The smallest absolute Gasteiger partial charge is 0.0992 e. The van der Waals surface area contributed by atoms with Gasteiger partial charge in [-0.2, -0.15) is 5.26 Å². The lowest BCUT2D eigenvalue weighted by molar-refractivity contribution is 0.0824. The van der Waals surface area contributed by atoms with Gasteiger partial charge in [-0.3, -0.25) is 4.90 Å². The SMILES string of the molecule is N#Cc1ccc2c(c1)N(CCCN1CCC(O)CC1)c1ccccc1S2.OCCN1CCN(CCCN2c3ccccc3Sc3ccc(Cl)cc32)CC1. The van der Waals surface area contributed by atoms with Crippen molar-refractivity contribution in [2.75, 3.05) is 88.4 Å². The number of hydrogen-bond donors (Lipinski definition) is 2. The number of aliphatic hydroxyl groups is 2. The molecule has 0 saturated carbocycles. The molecule has 0 bridgehead atoms. The van der Waals surface area contributed by atoms with Gasteiger partial charge in [0.05, 0.1) is 47.1 Å². The third-order valence-electron chi connectivity index (χ3n) is 10.5. The molecule has 4 aliphatic rings. The van der Waals surface area contributed by atoms with Gasteiger partial charge in [0, 0.05) is 83.5 Å². The number of aliphatic hydroxyl groups excluding tert-OH is 2. The van der Waals surface area contributed by atoms with Crippen molar-refractivity contribution in [3.63, 3.8) is 0 Å². The summed E-state index contributed by atoms with van der Waals surface area (Å²) in [4.78, 5) is 17.2. The molecule has 4 aromatic carbocycles. The number of β-amino-alcohol motifs (C(OH)–C–C–N with tert-alkyl or cyclic N) is 1. The Bertz CT molecular complexity index is 1870. The molecule has 0 amide bonds. The Morgan fingerprint density at radius 2 is 1.09 bits per heavy atom. The van der Waals surface area contributed by atoms with Crippen molar-refractivity contribution in [3.05, 3.63) is 95.5 Å². The molecule has 4 heterocycles. The van der Waals surface area contributed by atoms with Crippen LogP contribution in [0.2, 0.25) is 5.02 Å². The third-order valence-corrected chi connectivity index (χ3v) is 13.0. The summed E-state index contributed by atoms with van der Waals surface area (Å²) in [5.74, 6) is 0. The fraction of sp³-hybridized carbons (Fsp3) is 0.405. The van der Waals surface area contributed by atoms with Crippen LogP contribution < -0.4 is 9.80 Å². The minimum Gasteiger partial charge on any atom is -0.395 e.